The average Bonchev–Trinajstić information content (AvgIpc) is 3.76. The van der Waals surface area contributed by atoms with Crippen molar-refractivity contribution >= 4 is 49.8 Å². The second-order valence-electron chi connectivity index (χ2n) is 16.1. The SMILES string of the molecule is CC1(C)c2ccccc2-c2cccc(N(c3cccc(-c4ccc5c6c(cccc46)-c4ccc(-c6ccccc6)cc4O5)c3)c3ccc4oc5ccccc5c4c3)c21. The number of furan rings is 1. The molecule has 0 unspecified atom stereocenters. The number of hydrogen-bond acceptors (Lipinski definition) is 3. The summed E-state index contributed by atoms with van der Waals surface area (Å²) in [5, 5.41) is 4.52. The van der Waals surface area contributed by atoms with Gasteiger partial charge in [-0.3, -0.25) is 0 Å². The van der Waals surface area contributed by atoms with Crippen molar-refractivity contribution in [1.29, 1.82) is 0 Å². The van der Waals surface area contributed by atoms with Gasteiger partial charge in [0, 0.05) is 38.5 Å². The van der Waals surface area contributed by atoms with Gasteiger partial charge in [0.05, 0.1) is 5.69 Å². The Hall–Kier alpha value is -7.36. The third kappa shape index (κ3) is 4.80. The highest BCUT2D eigenvalue weighted by atomic mass is 16.5. The van der Waals surface area contributed by atoms with Crippen molar-refractivity contribution < 1.29 is 9.15 Å². The topological polar surface area (TPSA) is 25.6 Å². The lowest BCUT2D eigenvalue weighted by Crippen LogP contribution is -2.20. The molecule has 1 aliphatic carbocycles. The van der Waals surface area contributed by atoms with Gasteiger partial charge in [-0.05, 0) is 116 Å². The summed E-state index contributed by atoms with van der Waals surface area (Å²) in [5.74, 6) is 1.77. The van der Waals surface area contributed by atoms with Crippen molar-refractivity contribution in [3.05, 3.63) is 199 Å². The van der Waals surface area contributed by atoms with E-state index in [1.807, 2.05) is 12.1 Å². The first-order valence-electron chi connectivity index (χ1n) is 20.0. The lowest BCUT2D eigenvalue weighted by Gasteiger charge is -2.32. The Bertz CT molecular complexity index is 3300. The Kier molecular flexibility index (Phi) is 6.98. The van der Waals surface area contributed by atoms with E-state index in [9.17, 15) is 0 Å². The number of fused-ring (bicyclic) bond motifs is 8. The molecule has 0 N–H and O–H groups in total. The highest BCUT2D eigenvalue weighted by Gasteiger charge is 2.39. The van der Waals surface area contributed by atoms with Crippen molar-refractivity contribution in [2.45, 2.75) is 19.3 Å². The smallest absolute Gasteiger partial charge is 0.135 e. The molecule has 0 amide bonds. The second kappa shape index (κ2) is 12.3. The molecule has 0 saturated carbocycles. The van der Waals surface area contributed by atoms with Crippen molar-refractivity contribution in [3.8, 4) is 56.0 Å². The van der Waals surface area contributed by atoms with Crippen LogP contribution >= 0.6 is 0 Å². The zero-order chi connectivity index (χ0) is 38.5. The van der Waals surface area contributed by atoms with Crippen LogP contribution in [0.2, 0.25) is 0 Å². The van der Waals surface area contributed by atoms with Crippen molar-refractivity contribution in [1.82, 2.24) is 0 Å². The van der Waals surface area contributed by atoms with E-state index in [-0.39, 0.29) is 5.41 Å². The molecule has 0 atom stereocenters. The molecule has 9 aromatic carbocycles. The largest absolute Gasteiger partial charge is 0.456 e. The summed E-state index contributed by atoms with van der Waals surface area (Å²) >= 11 is 0. The molecule has 0 saturated heterocycles. The first-order valence-corrected chi connectivity index (χ1v) is 20.0. The van der Waals surface area contributed by atoms with Crippen LogP contribution < -0.4 is 9.64 Å². The number of nitrogens with zero attached hydrogens (tertiary/aromatic N) is 1. The Morgan fingerprint density at radius 1 is 0.414 bits per heavy atom. The van der Waals surface area contributed by atoms with Crippen molar-refractivity contribution in [3.63, 3.8) is 0 Å². The summed E-state index contributed by atoms with van der Waals surface area (Å²) in [7, 11) is 0. The van der Waals surface area contributed by atoms with Gasteiger partial charge < -0.3 is 14.1 Å². The Morgan fingerprint density at radius 3 is 2.05 bits per heavy atom. The molecule has 0 radical (unpaired) electrons. The molecule has 2 heterocycles. The molecule has 10 aromatic rings. The third-order valence-electron chi connectivity index (χ3n) is 12.4. The predicted octanol–water partition coefficient (Wildman–Crippen LogP) is 15.6. The van der Waals surface area contributed by atoms with E-state index in [2.05, 4.69) is 195 Å². The van der Waals surface area contributed by atoms with E-state index in [4.69, 9.17) is 9.15 Å². The fraction of sp³-hybridized carbons (Fsp3) is 0.0545. The summed E-state index contributed by atoms with van der Waals surface area (Å²) < 4.78 is 13.0. The van der Waals surface area contributed by atoms with Crippen LogP contribution in [0.15, 0.2) is 192 Å². The Morgan fingerprint density at radius 2 is 1.12 bits per heavy atom. The quantitative estimate of drug-likeness (QED) is 0.176. The molecule has 1 aromatic heterocycles. The fourth-order valence-electron chi connectivity index (χ4n) is 9.79. The van der Waals surface area contributed by atoms with Gasteiger partial charge in [-0.1, -0.05) is 141 Å². The first-order chi connectivity index (χ1) is 28.5. The molecule has 58 heavy (non-hydrogen) atoms. The summed E-state index contributed by atoms with van der Waals surface area (Å²) in [6.07, 6.45) is 0. The predicted molar refractivity (Wildman–Crippen MR) is 240 cm³/mol. The van der Waals surface area contributed by atoms with Gasteiger partial charge in [0.1, 0.15) is 22.7 Å². The van der Waals surface area contributed by atoms with Gasteiger partial charge in [-0.15, -0.1) is 0 Å². The standard InChI is InChI=1S/C55H37NO2/c1-55(2)47-22-8-6-17-40(47)45-21-12-23-48(54(45)55)56(38-26-29-50-46(33-38)41-18-7-9-24-49(41)57-50)37-16-10-15-36(31-37)39-28-30-51-53-43(39)19-11-20-44(53)42-27-25-35(32-52(42)58-51)34-13-4-3-5-14-34/h3-33H,1-2H3. The first kappa shape index (κ1) is 32.8. The molecular formula is C55H37NO2. The van der Waals surface area contributed by atoms with Crippen LogP contribution in [-0.4, -0.2) is 0 Å². The van der Waals surface area contributed by atoms with Crippen LogP contribution in [0.5, 0.6) is 11.5 Å². The number of anilines is 3. The molecular weight excluding hydrogens is 707 g/mol. The highest BCUT2D eigenvalue weighted by molar-refractivity contribution is 6.11. The number of rotatable bonds is 5. The van der Waals surface area contributed by atoms with Crippen LogP contribution in [0.3, 0.4) is 0 Å². The summed E-state index contributed by atoms with van der Waals surface area (Å²) in [5.41, 5.74) is 17.1. The average molecular weight is 744 g/mol. The highest BCUT2D eigenvalue weighted by Crippen LogP contribution is 2.55. The Balaban J connectivity index is 1.04. The van der Waals surface area contributed by atoms with E-state index >= 15 is 0 Å². The van der Waals surface area contributed by atoms with Gasteiger partial charge in [-0.2, -0.15) is 0 Å². The van der Waals surface area contributed by atoms with Crippen LogP contribution in [-0.2, 0) is 5.41 Å². The fourth-order valence-corrected chi connectivity index (χ4v) is 9.79. The molecule has 0 fully saturated rings. The third-order valence-corrected chi connectivity index (χ3v) is 12.4. The summed E-state index contributed by atoms with van der Waals surface area (Å²) in [6, 6.07) is 67.7. The number of ether oxygens (including phenoxy) is 1. The second-order valence-corrected chi connectivity index (χ2v) is 16.1. The van der Waals surface area contributed by atoms with Crippen molar-refractivity contribution in [2.75, 3.05) is 4.90 Å². The minimum absolute atomic E-state index is 0.209. The van der Waals surface area contributed by atoms with E-state index in [0.29, 0.717) is 0 Å². The lowest BCUT2D eigenvalue weighted by atomic mass is 9.81. The lowest BCUT2D eigenvalue weighted by molar-refractivity contribution is 0.487. The number of hydrogen-bond donors (Lipinski definition) is 0. The molecule has 3 heteroatoms. The van der Waals surface area contributed by atoms with Gasteiger partial charge in [0.25, 0.3) is 0 Å². The van der Waals surface area contributed by atoms with E-state index < -0.39 is 0 Å². The number of para-hydroxylation sites is 1. The maximum Gasteiger partial charge on any atom is 0.135 e. The van der Waals surface area contributed by atoms with E-state index in [1.165, 1.54) is 44.5 Å². The molecule has 274 valence electrons. The van der Waals surface area contributed by atoms with Crippen molar-refractivity contribution in [2.24, 2.45) is 0 Å². The zero-order valence-electron chi connectivity index (χ0n) is 32.2. The normalized spacial score (nSPS) is 13.3. The van der Waals surface area contributed by atoms with E-state index in [0.717, 1.165) is 72.5 Å². The van der Waals surface area contributed by atoms with Gasteiger partial charge >= 0.3 is 0 Å². The Labute approximate surface area is 337 Å². The van der Waals surface area contributed by atoms with Crippen LogP contribution in [0.1, 0.15) is 25.0 Å². The van der Waals surface area contributed by atoms with Gasteiger partial charge in [0.15, 0.2) is 0 Å². The molecule has 0 bridgehead atoms. The minimum atomic E-state index is -0.209. The molecule has 12 rings (SSSR count). The molecule has 2 aliphatic rings. The van der Waals surface area contributed by atoms with E-state index in [1.54, 1.807) is 0 Å². The minimum Gasteiger partial charge on any atom is -0.456 e. The molecule has 0 spiro atoms. The molecule has 1 aliphatic heterocycles. The number of benzene rings is 9. The maximum absolute atomic E-state index is 6.71. The van der Waals surface area contributed by atoms with Crippen LogP contribution in [0.4, 0.5) is 17.1 Å². The van der Waals surface area contributed by atoms with Gasteiger partial charge in [0.2, 0.25) is 0 Å². The maximum atomic E-state index is 6.71. The van der Waals surface area contributed by atoms with Crippen LogP contribution in [0.25, 0.3) is 77.2 Å². The summed E-state index contributed by atoms with van der Waals surface area (Å²) in [4.78, 5) is 2.45. The van der Waals surface area contributed by atoms with Crippen LogP contribution in [0, 0.1) is 0 Å². The van der Waals surface area contributed by atoms with Gasteiger partial charge in [-0.25, -0.2) is 0 Å². The monoisotopic (exact) mass is 743 g/mol. The molecule has 3 nitrogen and oxygen atoms in total. The summed E-state index contributed by atoms with van der Waals surface area (Å²) in [6.45, 7) is 4.72. The zero-order valence-corrected chi connectivity index (χ0v) is 32.2.